The first-order valence-corrected chi connectivity index (χ1v) is 16.8. The van der Waals surface area contributed by atoms with Gasteiger partial charge in [-0.15, -0.1) is 24.9 Å². The fourth-order valence-corrected chi connectivity index (χ4v) is 9.80. The highest BCUT2D eigenvalue weighted by Gasteiger charge is 2.74. The van der Waals surface area contributed by atoms with E-state index < -0.39 is 22.6 Å². The number of fused-ring (bicyclic) bond motifs is 1. The number of amides is 3. The van der Waals surface area contributed by atoms with E-state index in [0.717, 1.165) is 31.2 Å². The molecule has 3 aliphatic rings. The van der Waals surface area contributed by atoms with Crippen molar-refractivity contribution in [3.8, 4) is 0 Å². The summed E-state index contributed by atoms with van der Waals surface area (Å²) in [6, 6.07) is 16.4. The largest absolute Gasteiger partial charge is 0.396 e. The number of unbranched alkanes of at least 4 members (excludes halogenated alkanes) is 3. The number of aliphatic hydroxyl groups is 1. The van der Waals surface area contributed by atoms with Crippen molar-refractivity contribution >= 4 is 46.8 Å². The Balaban J connectivity index is 1.50. The molecule has 3 fully saturated rings. The molecule has 2 aromatic carbocycles. The second kappa shape index (κ2) is 14.4. The van der Waals surface area contributed by atoms with Crippen LogP contribution in [-0.4, -0.2) is 74.9 Å². The predicted molar refractivity (Wildman–Crippen MR) is 177 cm³/mol. The number of likely N-dealkylation sites (tertiary alicyclic amines) is 1. The van der Waals surface area contributed by atoms with Crippen LogP contribution in [0.4, 0.5) is 5.69 Å². The van der Waals surface area contributed by atoms with Crippen molar-refractivity contribution in [3.05, 3.63) is 90.5 Å². The van der Waals surface area contributed by atoms with Gasteiger partial charge in [-0.05, 0) is 43.4 Å². The van der Waals surface area contributed by atoms with Crippen molar-refractivity contribution in [2.24, 2.45) is 11.8 Å². The lowest BCUT2D eigenvalue weighted by atomic mass is 9.70. The third-order valence-electron chi connectivity index (χ3n) is 9.22. The van der Waals surface area contributed by atoms with Crippen molar-refractivity contribution in [1.29, 1.82) is 0 Å². The van der Waals surface area contributed by atoms with E-state index in [-0.39, 0.29) is 36.1 Å². The zero-order valence-electron chi connectivity index (χ0n) is 25.2. The molecule has 7 nitrogen and oxygen atoms in total. The zero-order valence-corrected chi connectivity index (χ0v) is 26.7. The van der Waals surface area contributed by atoms with Gasteiger partial charge in [0.15, 0.2) is 0 Å². The Hall–Kier alpha value is -3.07. The Labute approximate surface area is 269 Å². The highest BCUT2D eigenvalue weighted by atomic mass is 35.5. The maximum absolute atomic E-state index is 14.7. The van der Waals surface area contributed by atoms with Crippen molar-refractivity contribution in [1.82, 2.24) is 9.80 Å². The van der Waals surface area contributed by atoms with Gasteiger partial charge in [-0.3, -0.25) is 14.4 Å². The van der Waals surface area contributed by atoms with E-state index in [1.807, 2.05) is 48.5 Å². The molecule has 5 atom stereocenters. The molecule has 3 heterocycles. The van der Waals surface area contributed by atoms with E-state index in [2.05, 4.69) is 13.2 Å². The fourth-order valence-electron chi connectivity index (χ4n) is 7.36. The number of thioether (sulfide) groups is 1. The van der Waals surface area contributed by atoms with Gasteiger partial charge in [-0.1, -0.05) is 79.1 Å². The van der Waals surface area contributed by atoms with Crippen LogP contribution in [0, 0.1) is 11.8 Å². The third kappa shape index (κ3) is 6.09. The number of anilines is 1. The Kier molecular flexibility index (Phi) is 10.5. The van der Waals surface area contributed by atoms with E-state index in [0.29, 0.717) is 43.2 Å². The van der Waals surface area contributed by atoms with Crippen LogP contribution in [0.15, 0.2) is 79.9 Å². The molecule has 0 saturated carbocycles. The van der Waals surface area contributed by atoms with Gasteiger partial charge in [-0.25, -0.2) is 0 Å². The van der Waals surface area contributed by atoms with Gasteiger partial charge in [0.1, 0.15) is 6.04 Å². The number of hydrogen-bond acceptors (Lipinski definition) is 5. The first-order chi connectivity index (χ1) is 21.4. The molecule has 2 bridgehead atoms. The number of nitrogens with zero attached hydrogens (tertiary/aromatic N) is 3. The number of aliphatic hydroxyl groups excluding tert-OH is 1. The molecule has 0 aliphatic carbocycles. The van der Waals surface area contributed by atoms with Gasteiger partial charge in [-0.2, -0.15) is 0 Å². The molecule has 1 spiro atoms. The summed E-state index contributed by atoms with van der Waals surface area (Å²) in [5.41, 5.74) is 1.60. The molecule has 3 amide bonds. The highest BCUT2D eigenvalue weighted by molar-refractivity contribution is 8.02. The van der Waals surface area contributed by atoms with Crippen LogP contribution < -0.4 is 4.90 Å². The SMILES string of the molecule is C=CCN(Cc1ccccc1)C(=O)[C@@H]1[C@H]2C(=O)N(CCCCCCO)C(C(=O)N(CC=C)c3ccccc3Cl)C23CC[C@H]1S3. The minimum atomic E-state index is -0.719. The maximum Gasteiger partial charge on any atom is 0.251 e. The third-order valence-corrected chi connectivity index (χ3v) is 11.5. The molecule has 9 heteroatoms. The molecular formula is C35H42ClN3O4S. The molecule has 44 heavy (non-hydrogen) atoms. The van der Waals surface area contributed by atoms with E-state index >= 15 is 0 Å². The summed E-state index contributed by atoms with van der Waals surface area (Å²) < 4.78 is -0.697. The molecule has 3 aliphatic heterocycles. The Bertz CT molecular complexity index is 1370. The summed E-state index contributed by atoms with van der Waals surface area (Å²) in [5, 5.41) is 9.65. The first-order valence-electron chi connectivity index (χ1n) is 15.6. The molecule has 5 rings (SSSR count). The number of rotatable bonds is 15. The van der Waals surface area contributed by atoms with Crippen molar-refractivity contribution in [3.63, 3.8) is 0 Å². The van der Waals surface area contributed by atoms with Crippen LogP contribution in [0.2, 0.25) is 5.02 Å². The number of para-hydroxylation sites is 1. The van der Waals surface area contributed by atoms with Crippen LogP contribution in [0.3, 0.4) is 0 Å². The normalized spacial score (nSPS) is 25.1. The second-order valence-corrected chi connectivity index (χ2v) is 13.9. The summed E-state index contributed by atoms with van der Waals surface area (Å²) in [6.45, 7) is 9.41. The van der Waals surface area contributed by atoms with Gasteiger partial charge in [0, 0.05) is 38.0 Å². The van der Waals surface area contributed by atoms with Crippen LogP contribution in [0.1, 0.15) is 44.1 Å². The molecule has 1 N–H and O–H groups in total. The van der Waals surface area contributed by atoms with Gasteiger partial charge in [0.2, 0.25) is 11.8 Å². The smallest absolute Gasteiger partial charge is 0.251 e. The van der Waals surface area contributed by atoms with Gasteiger partial charge in [0.25, 0.3) is 5.91 Å². The van der Waals surface area contributed by atoms with Crippen molar-refractivity contribution in [2.75, 3.05) is 31.1 Å². The zero-order chi connectivity index (χ0) is 31.3. The summed E-state index contributed by atoms with van der Waals surface area (Å²) in [7, 11) is 0. The number of hydrogen-bond donors (Lipinski definition) is 1. The predicted octanol–water partition coefficient (Wildman–Crippen LogP) is 5.72. The maximum atomic E-state index is 14.7. The minimum absolute atomic E-state index is 0.0327. The number of halogens is 1. The average molecular weight is 636 g/mol. The van der Waals surface area contributed by atoms with Crippen LogP contribution in [0.5, 0.6) is 0 Å². The first kappa shape index (κ1) is 32.3. The van der Waals surface area contributed by atoms with Gasteiger partial charge >= 0.3 is 0 Å². The van der Waals surface area contributed by atoms with Crippen molar-refractivity contribution in [2.45, 2.75) is 61.1 Å². The summed E-state index contributed by atoms with van der Waals surface area (Å²) in [4.78, 5) is 48.8. The standard InChI is InChI=1S/C35H42ClN3O4S/c1-3-20-37(24-25-14-8-7-9-15-25)32(41)29-28-18-19-35(44-28)30(29)33(42)39(22-12-5-6-13-23-40)31(35)34(43)38(21-4-2)27-17-11-10-16-26(27)36/h3-4,7-11,14-17,28-31,40H,1-2,5-6,12-13,18-24H2/t28-,29+,30+,31?,35?/m1/s1. The molecule has 234 valence electrons. The lowest BCUT2D eigenvalue weighted by molar-refractivity contribution is -0.144. The number of carbonyl (C=O) groups excluding carboxylic acids is 3. The Morgan fingerprint density at radius 2 is 1.70 bits per heavy atom. The van der Waals surface area contributed by atoms with E-state index in [1.165, 1.54) is 0 Å². The number of benzene rings is 2. The van der Waals surface area contributed by atoms with Crippen molar-refractivity contribution < 1.29 is 19.5 Å². The monoisotopic (exact) mass is 635 g/mol. The molecule has 0 radical (unpaired) electrons. The second-order valence-electron chi connectivity index (χ2n) is 11.9. The number of carbonyl (C=O) groups is 3. The van der Waals surface area contributed by atoms with Crippen LogP contribution >= 0.6 is 23.4 Å². The van der Waals surface area contributed by atoms with Crippen LogP contribution in [0.25, 0.3) is 0 Å². The van der Waals surface area contributed by atoms with Gasteiger partial charge in [0.05, 0.1) is 27.3 Å². The van der Waals surface area contributed by atoms with Gasteiger partial charge < -0.3 is 19.8 Å². The lowest BCUT2D eigenvalue weighted by Crippen LogP contribution is -2.55. The molecular weight excluding hydrogens is 594 g/mol. The Morgan fingerprint density at radius 1 is 1.00 bits per heavy atom. The molecule has 3 saturated heterocycles. The van der Waals surface area contributed by atoms with E-state index in [1.54, 1.807) is 44.7 Å². The fraction of sp³-hybridized carbons (Fsp3) is 0.457. The van der Waals surface area contributed by atoms with E-state index in [4.69, 9.17) is 11.6 Å². The summed E-state index contributed by atoms with van der Waals surface area (Å²) in [5.74, 6) is -1.42. The molecule has 2 aromatic rings. The molecule has 0 aromatic heterocycles. The average Bonchev–Trinajstić information content (AvgIpc) is 3.67. The van der Waals surface area contributed by atoms with Crippen LogP contribution in [-0.2, 0) is 20.9 Å². The molecule has 2 unspecified atom stereocenters. The minimum Gasteiger partial charge on any atom is -0.396 e. The summed E-state index contributed by atoms with van der Waals surface area (Å²) in [6.07, 6.45) is 7.99. The highest BCUT2D eigenvalue weighted by Crippen LogP contribution is 2.66. The van der Waals surface area contributed by atoms with E-state index in [9.17, 15) is 19.5 Å². The summed E-state index contributed by atoms with van der Waals surface area (Å²) >= 11 is 8.27. The quantitative estimate of drug-likeness (QED) is 0.200. The topological polar surface area (TPSA) is 81.2 Å². The lowest BCUT2D eigenvalue weighted by Gasteiger charge is -2.38. The Morgan fingerprint density at radius 3 is 2.41 bits per heavy atom.